The van der Waals surface area contributed by atoms with Crippen molar-refractivity contribution in [3.63, 3.8) is 0 Å². The fraction of sp³-hybridized carbons (Fsp3) is 0.179. The number of carbonyl (C=O) groups excluding carboxylic acids is 1. The van der Waals surface area contributed by atoms with Crippen LogP contribution in [0.25, 0.3) is 10.2 Å². The molecule has 3 aromatic carbocycles. The van der Waals surface area contributed by atoms with Crippen molar-refractivity contribution in [2.24, 2.45) is 5.10 Å². The van der Waals surface area contributed by atoms with Crippen LogP contribution in [0.3, 0.4) is 0 Å². The molecule has 0 fully saturated rings. The predicted octanol–water partition coefficient (Wildman–Crippen LogP) is 5.87. The third kappa shape index (κ3) is 6.79. The zero-order valence-electron chi connectivity index (χ0n) is 21.4. The number of sulfonamides is 1. The molecule has 40 heavy (non-hydrogen) atoms. The Bertz CT molecular complexity index is 1720. The number of halogens is 1. The van der Waals surface area contributed by atoms with Crippen LogP contribution in [0.1, 0.15) is 34.3 Å². The number of aryl methyl sites for hydroxylation is 1. The molecule has 0 saturated carbocycles. The minimum absolute atomic E-state index is 0.00604. The molecule has 4 aromatic rings. The normalized spacial score (nSPS) is 11.5. The Hall–Kier alpha value is -3.94. The van der Waals surface area contributed by atoms with Crippen molar-refractivity contribution < 1.29 is 13.2 Å². The average Bonchev–Trinajstić information content (AvgIpc) is 3.36. The number of hydrazone groups is 1. The lowest BCUT2D eigenvalue weighted by Crippen LogP contribution is -2.33. The molecule has 0 radical (unpaired) electrons. The van der Waals surface area contributed by atoms with E-state index in [1.807, 2.05) is 61.5 Å². The van der Waals surface area contributed by atoms with E-state index in [9.17, 15) is 13.2 Å². The summed E-state index contributed by atoms with van der Waals surface area (Å²) in [5, 5.41) is 23.8. The number of rotatable bonds is 10. The van der Waals surface area contributed by atoms with Gasteiger partial charge in [-0.25, -0.2) is 13.4 Å². The monoisotopic (exact) mass is 634 g/mol. The third-order valence-electron chi connectivity index (χ3n) is 5.80. The summed E-state index contributed by atoms with van der Waals surface area (Å²) in [5.41, 5.74) is 2.81. The maximum Gasteiger partial charge on any atom is 0.280 e. The Morgan fingerprint density at radius 1 is 1.02 bits per heavy atom. The molecule has 0 N–H and O–H groups in total. The summed E-state index contributed by atoms with van der Waals surface area (Å²) in [7, 11) is -3.97. The first-order chi connectivity index (χ1) is 19.2. The number of fused-ring (bicyclic) bond motifs is 1. The highest BCUT2D eigenvalue weighted by molar-refractivity contribution is 9.10. The zero-order chi connectivity index (χ0) is 28.7. The molecule has 0 unspecified atom stereocenters. The van der Waals surface area contributed by atoms with Gasteiger partial charge in [-0.15, -0.1) is 0 Å². The number of aromatic nitrogens is 1. The fourth-order valence-corrected chi connectivity index (χ4v) is 6.60. The van der Waals surface area contributed by atoms with Crippen molar-refractivity contribution in [2.45, 2.75) is 24.7 Å². The van der Waals surface area contributed by atoms with Gasteiger partial charge in [0.15, 0.2) is 0 Å². The summed E-state index contributed by atoms with van der Waals surface area (Å²) in [6, 6.07) is 22.7. The van der Waals surface area contributed by atoms with Crippen molar-refractivity contribution in [2.75, 3.05) is 18.1 Å². The van der Waals surface area contributed by atoms with Crippen LogP contribution in [0.5, 0.6) is 0 Å². The summed E-state index contributed by atoms with van der Waals surface area (Å²) in [6.07, 6.45) is 1.56. The van der Waals surface area contributed by atoms with E-state index in [4.69, 9.17) is 10.5 Å². The number of hydrogen-bond acceptors (Lipinski definition) is 8. The summed E-state index contributed by atoms with van der Waals surface area (Å²) in [4.78, 5) is 18.2. The van der Waals surface area contributed by atoms with E-state index >= 15 is 0 Å². The lowest BCUT2D eigenvalue weighted by Gasteiger charge is -2.20. The predicted molar refractivity (Wildman–Crippen MR) is 159 cm³/mol. The molecule has 0 aliphatic heterocycles. The molecule has 1 aromatic heterocycles. The van der Waals surface area contributed by atoms with Gasteiger partial charge in [0.1, 0.15) is 0 Å². The molecule has 9 nitrogen and oxygen atoms in total. The van der Waals surface area contributed by atoms with Gasteiger partial charge in [-0.2, -0.15) is 24.9 Å². The van der Waals surface area contributed by atoms with Crippen molar-refractivity contribution in [1.82, 2.24) is 9.29 Å². The molecular formula is C28H23BrN6O3S2. The Kier molecular flexibility index (Phi) is 9.40. The molecule has 1 amide bonds. The first-order valence-corrected chi connectivity index (χ1v) is 15.1. The molecule has 0 bridgehead atoms. The summed E-state index contributed by atoms with van der Waals surface area (Å²) < 4.78 is 29.2. The molecule has 0 spiro atoms. The van der Waals surface area contributed by atoms with Crippen LogP contribution < -0.4 is 5.01 Å². The van der Waals surface area contributed by atoms with E-state index in [1.54, 1.807) is 6.21 Å². The second-order valence-electron chi connectivity index (χ2n) is 8.63. The van der Waals surface area contributed by atoms with Crippen molar-refractivity contribution >= 4 is 64.8 Å². The average molecular weight is 636 g/mol. The minimum Gasteiger partial charge on any atom is -0.267 e. The van der Waals surface area contributed by atoms with Gasteiger partial charge < -0.3 is 0 Å². The number of hydrogen-bond donors (Lipinski definition) is 0. The maximum absolute atomic E-state index is 13.7. The number of nitriles is 2. The minimum atomic E-state index is -3.97. The number of carbonyl (C=O) groups is 1. The molecule has 0 aliphatic rings. The van der Waals surface area contributed by atoms with E-state index in [-0.39, 0.29) is 36.4 Å². The molecule has 0 atom stereocenters. The Morgan fingerprint density at radius 2 is 1.68 bits per heavy atom. The molecule has 4 rings (SSSR count). The molecular weight excluding hydrogens is 612 g/mol. The molecule has 0 aliphatic carbocycles. The van der Waals surface area contributed by atoms with E-state index < -0.39 is 15.9 Å². The first kappa shape index (κ1) is 29.1. The summed E-state index contributed by atoms with van der Waals surface area (Å²) >= 11 is 4.76. The van der Waals surface area contributed by atoms with Crippen LogP contribution in [0.15, 0.2) is 81.2 Å². The van der Waals surface area contributed by atoms with Crippen molar-refractivity contribution in [1.29, 1.82) is 10.5 Å². The first-order valence-electron chi connectivity index (χ1n) is 12.1. The third-order valence-corrected chi connectivity index (χ3v) is 9.20. The summed E-state index contributed by atoms with van der Waals surface area (Å²) in [5.74, 6) is -0.490. The number of amides is 1. The van der Waals surface area contributed by atoms with E-state index in [0.717, 1.165) is 24.6 Å². The van der Waals surface area contributed by atoms with Gasteiger partial charge in [0.25, 0.3) is 5.91 Å². The highest BCUT2D eigenvalue weighted by Crippen LogP contribution is 2.32. The van der Waals surface area contributed by atoms with Crippen LogP contribution in [-0.4, -0.2) is 42.9 Å². The SMILES string of the molecule is Cc1ccc(/C=N/N(C(=O)c2ccc(S(=O)(=O)N(CCC#N)CCC#N)cc2)c2nc3ccc(Br)cc3s2)cc1. The largest absolute Gasteiger partial charge is 0.280 e. The number of benzene rings is 3. The Balaban J connectivity index is 1.67. The van der Waals surface area contributed by atoms with E-state index in [0.29, 0.717) is 10.6 Å². The van der Waals surface area contributed by atoms with Crippen LogP contribution in [0, 0.1) is 29.6 Å². The van der Waals surface area contributed by atoms with Gasteiger partial charge >= 0.3 is 0 Å². The second kappa shape index (κ2) is 12.9. The number of nitrogens with zero attached hydrogens (tertiary/aromatic N) is 6. The van der Waals surface area contributed by atoms with E-state index in [1.165, 1.54) is 40.6 Å². The molecule has 0 saturated heterocycles. The van der Waals surface area contributed by atoms with Crippen molar-refractivity contribution in [3.05, 3.63) is 87.9 Å². The fourth-order valence-electron chi connectivity index (χ4n) is 3.68. The smallest absolute Gasteiger partial charge is 0.267 e. The Labute approximate surface area is 244 Å². The van der Waals surface area contributed by atoms with Crippen LogP contribution in [0.2, 0.25) is 0 Å². The number of thiazole rings is 1. The highest BCUT2D eigenvalue weighted by atomic mass is 79.9. The van der Waals surface area contributed by atoms with Gasteiger partial charge in [0.2, 0.25) is 15.2 Å². The second-order valence-corrected chi connectivity index (χ2v) is 12.5. The zero-order valence-corrected chi connectivity index (χ0v) is 24.6. The van der Waals surface area contributed by atoms with Gasteiger partial charge in [-0.1, -0.05) is 57.1 Å². The molecule has 1 heterocycles. The number of anilines is 1. The standard InChI is InChI=1S/C28H23BrN6O3S2/c1-20-4-6-21(7-5-20)19-32-35(28-33-25-13-10-23(29)18-26(25)39-28)27(36)22-8-11-24(12-9-22)40(37,38)34(16-2-14-30)17-3-15-31/h4-13,18-19H,2-3,16-17H2,1H3/b32-19+. The van der Waals surface area contributed by atoms with Gasteiger partial charge in [0, 0.05) is 36.0 Å². The molecule has 202 valence electrons. The van der Waals surface area contributed by atoms with Gasteiger partial charge in [0.05, 0.1) is 33.5 Å². The van der Waals surface area contributed by atoms with Crippen LogP contribution in [-0.2, 0) is 10.0 Å². The quantitative estimate of drug-likeness (QED) is 0.158. The van der Waals surface area contributed by atoms with Gasteiger partial charge in [-0.3, -0.25) is 4.79 Å². The van der Waals surface area contributed by atoms with Crippen LogP contribution >= 0.6 is 27.3 Å². The lowest BCUT2D eigenvalue weighted by atomic mass is 10.2. The van der Waals surface area contributed by atoms with Gasteiger partial charge in [-0.05, 0) is 55.0 Å². The lowest BCUT2D eigenvalue weighted by molar-refractivity contribution is 0.0987. The molecule has 12 heteroatoms. The summed E-state index contributed by atoms with van der Waals surface area (Å²) in [6.45, 7) is 1.92. The van der Waals surface area contributed by atoms with E-state index in [2.05, 4.69) is 26.0 Å². The van der Waals surface area contributed by atoms with Crippen molar-refractivity contribution in [3.8, 4) is 12.1 Å². The Morgan fingerprint density at radius 3 is 2.30 bits per heavy atom. The topological polar surface area (TPSA) is 131 Å². The highest BCUT2D eigenvalue weighted by Gasteiger charge is 2.26. The maximum atomic E-state index is 13.7. The van der Waals surface area contributed by atoms with Crippen LogP contribution in [0.4, 0.5) is 5.13 Å².